The number of amides is 1. The molecule has 0 aliphatic carbocycles. The van der Waals surface area contributed by atoms with Crippen LogP contribution in [0.25, 0.3) is 0 Å². The van der Waals surface area contributed by atoms with Crippen LogP contribution >= 0.6 is 15.9 Å². The zero-order chi connectivity index (χ0) is 19.3. The molecule has 138 valence electrons. The molecule has 0 radical (unpaired) electrons. The van der Waals surface area contributed by atoms with Crippen LogP contribution < -0.4 is 10.1 Å². The van der Waals surface area contributed by atoms with E-state index in [1.54, 1.807) is 0 Å². The molecule has 0 atom stereocenters. The smallest absolute Gasteiger partial charge is 0.418 e. The second-order valence-corrected chi connectivity index (χ2v) is 5.87. The van der Waals surface area contributed by atoms with E-state index < -0.39 is 30.2 Å². The fraction of sp³-hybridized carbons (Fsp3) is 0.176. The van der Waals surface area contributed by atoms with Crippen LogP contribution in [0.5, 0.6) is 5.75 Å². The van der Waals surface area contributed by atoms with Crippen molar-refractivity contribution in [2.24, 2.45) is 0 Å². The molecule has 0 aliphatic rings. The minimum Gasteiger partial charge on any atom is -0.483 e. The lowest BCUT2D eigenvalue weighted by atomic mass is 10.1. The van der Waals surface area contributed by atoms with Crippen molar-refractivity contribution >= 4 is 33.5 Å². The molecule has 0 aliphatic heterocycles. The van der Waals surface area contributed by atoms with Crippen molar-refractivity contribution in [3.8, 4) is 5.75 Å². The summed E-state index contributed by atoms with van der Waals surface area (Å²) in [6.45, 7) is -0.512. The van der Waals surface area contributed by atoms with E-state index in [-0.39, 0.29) is 17.0 Å². The summed E-state index contributed by atoms with van der Waals surface area (Å²) in [4.78, 5) is 23.3. The Bertz CT molecular complexity index is 824. The highest BCUT2D eigenvalue weighted by atomic mass is 79.9. The first-order chi connectivity index (χ1) is 12.2. The average Bonchev–Trinajstić information content (AvgIpc) is 2.59. The van der Waals surface area contributed by atoms with Crippen LogP contribution in [0.4, 0.5) is 18.9 Å². The van der Waals surface area contributed by atoms with Crippen molar-refractivity contribution in [1.82, 2.24) is 0 Å². The molecule has 2 rings (SSSR count). The lowest BCUT2D eigenvalue weighted by Crippen LogP contribution is -2.22. The summed E-state index contributed by atoms with van der Waals surface area (Å²) in [5.41, 5.74) is -1.03. The van der Waals surface area contributed by atoms with Crippen LogP contribution in [0, 0.1) is 0 Å². The predicted octanol–water partition coefficient (Wildman–Crippen LogP) is 4.27. The van der Waals surface area contributed by atoms with E-state index in [2.05, 4.69) is 26.0 Å². The maximum atomic E-state index is 12.9. The summed E-state index contributed by atoms with van der Waals surface area (Å²) < 4.78 is 49.0. The molecule has 0 fully saturated rings. The number of methoxy groups -OCH3 is 1. The number of hydrogen-bond donors (Lipinski definition) is 1. The van der Waals surface area contributed by atoms with Gasteiger partial charge in [-0.15, -0.1) is 0 Å². The van der Waals surface area contributed by atoms with Gasteiger partial charge in [-0.1, -0.05) is 12.1 Å². The van der Waals surface area contributed by atoms with Gasteiger partial charge in [0.15, 0.2) is 6.61 Å². The summed E-state index contributed by atoms with van der Waals surface area (Å²) in [7, 11) is 1.24. The molecule has 2 aromatic rings. The molecule has 1 N–H and O–H groups in total. The van der Waals surface area contributed by atoms with Crippen molar-refractivity contribution in [1.29, 1.82) is 0 Å². The third-order valence-corrected chi connectivity index (χ3v) is 3.84. The van der Waals surface area contributed by atoms with Crippen LogP contribution in [0.3, 0.4) is 0 Å². The lowest BCUT2D eigenvalue weighted by Gasteiger charge is -2.14. The number of rotatable bonds is 5. The Labute approximate surface area is 155 Å². The quantitative estimate of drug-likeness (QED) is 0.717. The molecule has 0 heterocycles. The minimum atomic E-state index is -4.59. The fourth-order valence-electron chi connectivity index (χ4n) is 2.03. The lowest BCUT2D eigenvalue weighted by molar-refractivity contribution is -0.137. The van der Waals surface area contributed by atoms with Gasteiger partial charge in [-0.3, -0.25) is 4.79 Å². The summed E-state index contributed by atoms with van der Waals surface area (Å²) in [5, 5.41) is 2.17. The number of benzene rings is 2. The molecule has 0 bridgehead atoms. The molecule has 0 unspecified atom stereocenters. The Hall–Kier alpha value is -2.55. The van der Waals surface area contributed by atoms with Crippen molar-refractivity contribution in [3.05, 3.63) is 58.1 Å². The zero-order valence-electron chi connectivity index (χ0n) is 13.4. The number of carbonyl (C=O) groups is 2. The maximum absolute atomic E-state index is 12.9. The number of esters is 1. The van der Waals surface area contributed by atoms with Crippen LogP contribution in [0.1, 0.15) is 15.9 Å². The van der Waals surface area contributed by atoms with Gasteiger partial charge in [0, 0.05) is 0 Å². The molecule has 5 nitrogen and oxygen atoms in total. The minimum absolute atomic E-state index is 0.247. The molecule has 0 spiro atoms. The van der Waals surface area contributed by atoms with Gasteiger partial charge in [-0.05, 0) is 46.3 Å². The summed E-state index contributed by atoms with van der Waals surface area (Å²) >= 11 is 3.19. The van der Waals surface area contributed by atoms with Crippen LogP contribution in [0.15, 0.2) is 46.9 Å². The van der Waals surface area contributed by atoms with Crippen molar-refractivity contribution in [2.75, 3.05) is 19.0 Å². The first-order valence-corrected chi connectivity index (χ1v) is 7.98. The molecular formula is C17H13BrF3NO4. The molecular weight excluding hydrogens is 419 g/mol. The Morgan fingerprint density at radius 3 is 2.46 bits per heavy atom. The zero-order valence-corrected chi connectivity index (χ0v) is 15.0. The van der Waals surface area contributed by atoms with Crippen molar-refractivity contribution in [3.63, 3.8) is 0 Å². The number of alkyl halides is 3. The van der Waals surface area contributed by atoms with Gasteiger partial charge in [0.25, 0.3) is 5.91 Å². The molecule has 0 saturated heterocycles. The van der Waals surface area contributed by atoms with Gasteiger partial charge < -0.3 is 14.8 Å². The summed E-state index contributed by atoms with van der Waals surface area (Å²) in [5.74, 6) is -1.05. The van der Waals surface area contributed by atoms with E-state index in [0.29, 0.717) is 4.47 Å². The standard InChI is InChI=1S/C17H13BrF3NO4/c1-25-16(24)10-6-7-14(12(18)8-10)26-9-15(23)22-13-5-3-2-4-11(13)17(19,20)21/h2-8H,9H2,1H3,(H,22,23). The molecule has 2 aromatic carbocycles. The average molecular weight is 432 g/mol. The Morgan fingerprint density at radius 2 is 1.85 bits per heavy atom. The Balaban J connectivity index is 2.03. The third-order valence-electron chi connectivity index (χ3n) is 3.22. The van der Waals surface area contributed by atoms with Gasteiger partial charge in [0.2, 0.25) is 0 Å². The normalized spacial score (nSPS) is 11.0. The topological polar surface area (TPSA) is 64.6 Å². The number of nitrogens with one attached hydrogen (secondary N) is 1. The highest BCUT2D eigenvalue weighted by Gasteiger charge is 2.33. The fourth-order valence-corrected chi connectivity index (χ4v) is 2.52. The van der Waals surface area contributed by atoms with Gasteiger partial charge in [0.05, 0.1) is 28.4 Å². The van der Waals surface area contributed by atoms with E-state index in [4.69, 9.17) is 4.74 Å². The summed E-state index contributed by atoms with van der Waals surface area (Å²) in [6, 6.07) is 8.96. The molecule has 26 heavy (non-hydrogen) atoms. The second-order valence-electron chi connectivity index (χ2n) is 5.02. The first kappa shape index (κ1) is 19.8. The van der Waals surface area contributed by atoms with Crippen LogP contribution in [-0.4, -0.2) is 25.6 Å². The number of para-hydroxylation sites is 1. The molecule has 0 aromatic heterocycles. The van der Waals surface area contributed by atoms with Gasteiger partial charge >= 0.3 is 12.1 Å². The number of carbonyl (C=O) groups excluding carboxylic acids is 2. The predicted molar refractivity (Wildman–Crippen MR) is 91.1 cm³/mol. The maximum Gasteiger partial charge on any atom is 0.418 e. The molecule has 0 saturated carbocycles. The van der Waals surface area contributed by atoms with Crippen molar-refractivity contribution < 1.29 is 32.2 Å². The second kappa shape index (κ2) is 8.22. The van der Waals surface area contributed by atoms with Crippen molar-refractivity contribution in [2.45, 2.75) is 6.18 Å². The highest BCUT2D eigenvalue weighted by molar-refractivity contribution is 9.10. The third kappa shape index (κ3) is 4.98. The number of anilines is 1. The highest BCUT2D eigenvalue weighted by Crippen LogP contribution is 2.34. The van der Waals surface area contributed by atoms with Gasteiger partial charge in [-0.2, -0.15) is 13.2 Å². The monoisotopic (exact) mass is 431 g/mol. The van der Waals surface area contributed by atoms with E-state index in [1.165, 1.54) is 37.4 Å². The summed E-state index contributed by atoms with van der Waals surface area (Å²) in [6.07, 6.45) is -4.59. The van der Waals surface area contributed by atoms with Crippen LogP contribution in [-0.2, 0) is 15.7 Å². The largest absolute Gasteiger partial charge is 0.483 e. The Morgan fingerprint density at radius 1 is 1.15 bits per heavy atom. The first-order valence-electron chi connectivity index (χ1n) is 7.19. The SMILES string of the molecule is COC(=O)c1ccc(OCC(=O)Nc2ccccc2C(F)(F)F)c(Br)c1. The van der Waals surface area contributed by atoms with Crippen LogP contribution in [0.2, 0.25) is 0 Å². The van der Waals surface area contributed by atoms with E-state index >= 15 is 0 Å². The van der Waals surface area contributed by atoms with E-state index in [9.17, 15) is 22.8 Å². The van der Waals surface area contributed by atoms with Gasteiger partial charge in [-0.25, -0.2) is 4.79 Å². The number of ether oxygens (including phenoxy) is 2. The van der Waals surface area contributed by atoms with E-state index in [0.717, 1.165) is 12.1 Å². The number of hydrogen-bond acceptors (Lipinski definition) is 4. The van der Waals surface area contributed by atoms with E-state index in [1.807, 2.05) is 0 Å². The molecule has 1 amide bonds. The van der Waals surface area contributed by atoms with Gasteiger partial charge in [0.1, 0.15) is 5.75 Å². The number of halogens is 4. The molecule has 9 heteroatoms. The Kier molecular flexibility index (Phi) is 6.25.